The average Bonchev–Trinajstić information content (AvgIpc) is 2.43. The van der Waals surface area contributed by atoms with E-state index in [-0.39, 0.29) is 0 Å². The molecule has 20 heavy (non-hydrogen) atoms. The van der Waals surface area contributed by atoms with Gasteiger partial charge >= 0.3 is 0 Å². The topological polar surface area (TPSA) is 32.3 Å². The molecule has 1 aliphatic heterocycles. The summed E-state index contributed by atoms with van der Waals surface area (Å²) in [6, 6.07) is 0.589. The predicted octanol–water partition coefficient (Wildman–Crippen LogP) is 2.92. The third-order valence-corrected chi connectivity index (χ3v) is 4.50. The highest BCUT2D eigenvalue weighted by Gasteiger charge is 2.25. The maximum Gasteiger partial charge on any atom is 0.137 e. The summed E-state index contributed by atoms with van der Waals surface area (Å²) in [7, 11) is 2.20. The Morgan fingerprint density at radius 3 is 2.65 bits per heavy atom. The fourth-order valence-electron chi connectivity index (χ4n) is 2.74. The van der Waals surface area contributed by atoms with Crippen LogP contribution in [0.4, 0.5) is 5.82 Å². The van der Waals surface area contributed by atoms with Crippen molar-refractivity contribution in [3.05, 3.63) is 16.5 Å². The predicted molar refractivity (Wildman–Crippen MR) is 84.7 cm³/mol. The molecule has 0 bridgehead atoms. The molecule has 1 unspecified atom stereocenters. The number of aromatic nitrogens is 2. The number of aryl methyl sites for hydroxylation is 1. The lowest BCUT2D eigenvalue weighted by Crippen LogP contribution is -2.51. The van der Waals surface area contributed by atoms with Gasteiger partial charge in [-0.1, -0.05) is 25.4 Å². The molecular weight excluding hydrogens is 272 g/mol. The fourth-order valence-corrected chi connectivity index (χ4v) is 2.93. The molecule has 0 radical (unpaired) electrons. The number of hydrogen-bond donors (Lipinski definition) is 0. The highest BCUT2D eigenvalue weighted by molar-refractivity contribution is 6.30. The minimum Gasteiger partial charge on any atom is -0.353 e. The van der Waals surface area contributed by atoms with Crippen molar-refractivity contribution >= 4 is 17.4 Å². The summed E-state index contributed by atoms with van der Waals surface area (Å²) < 4.78 is 0. The molecule has 4 nitrogen and oxygen atoms in total. The first-order chi connectivity index (χ1) is 9.56. The van der Waals surface area contributed by atoms with Crippen LogP contribution in [-0.4, -0.2) is 47.6 Å². The third-order valence-electron chi connectivity index (χ3n) is 4.13. The van der Waals surface area contributed by atoms with Gasteiger partial charge in [-0.3, -0.25) is 4.90 Å². The minimum atomic E-state index is 0.589. The highest BCUT2D eigenvalue weighted by atomic mass is 35.5. The van der Waals surface area contributed by atoms with Gasteiger partial charge in [-0.25, -0.2) is 9.97 Å². The standard InChI is InChI=1S/C15H25ClN4/c1-5-7-13-17-14(16)11(3)15(18-13)20-9-8-19(4)12(6-2)10-20/h12H,5-10H2,1-4H3. The van der Waals surface area contributed by atoms with Crippen LogP contribution in [-0.2, 0) is 6.42 Å². The molecule has 0 aliphatic carbocycles. The number of piperazine rings is 1. The molecule has 1 atom stereocenters. The van der Waals surface area contributed by atoms with Crippen LogP contribution in [0.5, 0.6) is 0 Å². The molecule has 1 fully saturated rings. The van der Waals surface area contributed by atoms with Gasteiger partial charge in [0, 0.05) is 37.7 Å². The van der Waals surface area contributed by atoms with Crippen molar-refractivity contribution in [2.75, 3.05) is 31.6 Å². The molecule has 5 heteroatoms. The zero-order chi connectivity index (χ0) is 14.7. The molecule has 0 aromatic carbocycles. The first-order valence-corrected chi connectivity index (χ1v) is 7.92. The van der Waals surface area contributed by atoms with Crippen molar-refractivity contribution in [1.29, 1.82) is 0 Å². The number of halogens is 1. The Hall–Kier alpha value is -0.870. The zero-order valence-corrected chi connectivity index (χ0v) is 13.7. The minimum absolute atomic E-state index is 0.589. The van der Waals surface area contributed by atoms with E-state index in [0.717, 1.165) is 56.1 Å². The molecule has 0 N–H and O–H groups in total. The maximum absolute atomic E-state index is 6.28. The molecule has 112 valence electrons. The van der Waals surface area contributed by atoms with Gasteiger partial charge in [0.25, 0.3) is 0 Å². The monoisotopic (exact) mass is 296 g/mol. The van der Waals surface area contributed by atoms with E-state index < -0.39 is 0 Å². The Morgan fingerprint density at radius 1 is 1.25 bits per heavy atom. The molecule has 0 saturated carbocycles. The number of hydrogen-bond acceptors (Lipinski definition) is 4. The van der Waals surface area contributed by atoms with E-state index in [0.29, 0.717) is 11.2 Å². The van der Waals surface area contributed by atoms with Crippen LogP contribution in [0.1, 0.15) is 38.1 Å². The van der Waals surface area contributed by atoms with Crippen molar-refractivity contribution in [3.8, 4) is 0 Å². The highest BCUT2D eigenvalue weighted by Crippen LogP contribution is 2.26. The van der Waals surface area contributed by atoms with Crippen LogP contribution in [0.15, 0.2) is 0 Å². The zero-order valence-electron chi connectivity index (χ0n) is 13.0. The van der Waals surface area contributed by atoms with E-state index in [1.165, 1.54) is 0 Å². The summed E-state index contributed by atoms with van der Waals surface area (Å²) in [5.74, 6) is 1.89. The number of anilines is 1. The van der Waals surface area contributed by atoms with Crippen LogP contribution in [0.25, 0.3) is 0 Å². The Bertz CT molecular complexity index is 463. The lowest BCUT2D eigenvalue weighted by Gasteiger charge is -2.40. The summed E-state index contributed by atoms with van der Waals surface area (Å²) in [6.07, 6.45) is 3.09. The van der Waals surface area contributed by atoms with Gasteiger partial charge in [-0.2, -0.15) is 0 Å². The summed E-state index contributed by atoms with van der Waals surface area (Å²) in [5.41, 5.74) is 1.01. The Kier molecular flexibility index (Phi) is 5.22. The maximum atomic E-state index is 6.28. The smallest absolute Gasteiger partial charge is 0.137 e. The van der Waals surface area contributed by atoms with Crippen molar-refractivity contribution in [2.24, 2.45) is 0 Å². The molecule has 0 spiro atoms. The average molecular weight is 297 g/mol. The van der Waals surface area contributed by atoms with Crippen LogP contribution in [0, 0.1) is 6.92 Å². The summed E-state index contributed by atoms with van der Waals surface area (Å²) in [6.45, 7) is 9.50. The largest absolute Gasteiger partial charge is 0.353 e. The van der Waals surface area contributed by atoms with Crippen molar-refractivity contribution < 1.29 is 0 Å². The van der Waals surface area contributed by atoms with E-state index in [2.05, 4.69) is 35.7 Å². The van der Waals surface area contributed by atoms with E-state index in [1.54, 1.807) is 0 Å². The quantitative estimate of drug-likeness (QED) is 0.800. The lowest BCUT2D eigenvalue weighted by atomic mass is 10.1. The second kappa shape index (κ2) is 6.72. The summed E-state index contributed by atoms with van der Waals surface area (Å²) in [5, 5.41) is 0.602. The van der Waals surface area contributed by atoms with Crippen molar-refractivity contribution in [3.63, 3.8) is 0 Å². The van der Waals surface area contributed by atoms with Gasteiger partial charge in [0.1, 0.15) is 16.8 Å². The van der Waals surface area contributed by atoms with Gasteiger partial charge in [-0.15, -0.1) is 0 Å². The van der Waals surface area contributed by atoms with Gasteiger partial charge in [0.15, 0.2) is 0 Å². The first-order valence-electron chi connectivity index (χ1n) is 7.55. The van der Waals surface area contributed by atoms with Gasteiger partial charge in [0.05, 0.1) is 0 Å². The molecule has 2 rings (SSSR count). The molecule has 1 aromatic rings. The number of nitrogens with zero attached hydrogens (tertiary/aromatic N) is 4. The van der Waals surface area contributed by atoms with E-state index >= 15 is 0 Å². The van der Waals surface area contributed by atoms with Crippen LogP contribution in [0.3, 0.4) is 0 Å². The molecule has 2 heterocycles. The van der Waals surface area contributed by atoms with Gasteiger partial charge in [0.2, 0.25) is 0 Å². The van der Waals surface area contributed by atoms with Crippen molar-refractivity contribution in [1.82, 2.24) is 14.9 Å². The van der Waals surface area contributed by atoms with E-state index in [1.807, 2.05) is 6.92 Å². The third kappa shape index (κ3) is 3.23. The molecule has 1 saturated heterocycles. The Balaban J connectivity index is 2.27. The molecular formula is C15H25ClN4. The van der Waals surface area contributed by atoms with Crippen LogP contribution in [0.2, 0.25) is 5.15 Å². The lowest BCUT2D eigenvalue weighted by molar-refractivity contribution is 0.212. The van der Waals surface area contributed by atoms with Gasteiger partial charge < -0.3 is 4.90 Å². The number of likely N-dealkylation sites (N-methyl/N-ethyl adjacent to an activating group) is 1. The van der Waals surface area contributed by atoms with Crippen LogP contribution >= 0.6 is 11.6 Å². The molecule has 1 aromatic heterocycles. The normalized spacial score (nSPS) is 20.4. The van der Waals surface area contributed by atoms with Gasteiger partial charge in [-0.05, 0) is 26.8 Å². The fraction of sp³-hybridized carbons (Fsp3) is 0.733. The second-order valence-electron chi connectivity index (χ2n) is 5.62. The van der Waals surface area contributed by atoms with E-state index in [9.17, 15) is 0 Å². The molecule has 0 amide bonds. The first kappa shape index (κ1) is 15.5. The Labute approximate surface area is 127 Å². The second-order valence-corrected chi connectivity index (χ2v) is 5.98. The number of rotatable bonds is 4. The molecule has 1 aliphatic rings. The SMILES string of the molecule is CCCc1nc(Cl)c(C)c(N2CCN(C)C(CC)C2)n1. The summed E-state index contributed by atoms with van der Waals surface area (Å²) in [4.78, 5) is 13.9. The van der Waals surface area contributed by atoms with E-state index in [4.69, 9.17) is 16.6 Å². The van der Waals surface area contributed by atoms with Crippen molar-refractivity contribution in [2.45, 2.75) is 46.1 Å². The Morgan fingerprint density at radius 2 is 2.00 bits per heavy atom. The summed E-state index contributed by atoms with van der Waals surface area (Å²) >= 11 is 6.28. The van der Waals surface area contributed by atoms with Crippen LogP contribution < -0.4 is 4.90 Å².